The van der Waals surface area contributed by atoms with E-state index in [4.69, 9.17) is 5.26 Å². The molecule has 5 nitrogen and oxygen atoms in total. The third-order valence-electron chi connectivity index (χ3n) is 2.21. The van der Waals surface area contributed by atoms with Crippen LogP contribution in [0.25, 0.3) is 0 Å². The van der Waals surface area contributed by atoms with E-state index in [1.54, 1.807) is 6.33 Å². The van der Waals surface area contributed by atoms with Crippen LogP contribution in [0.15, 0.2) is 12.4 Å². The number of nitrogens with one attached hydrogen (secondary N) is 1. The molecule has 1 N–H and O–H groups in total. The van der Waals surface area contributed by atoms with Crippen molar-refractivity contribution in [3.8, 4) is 6.07 Å². The molecule has 1 aromatic rings. The smallest absolute Gasteiger partial charge is 0.134 e. The first kappa shape index (κ1) is 12.2. The molecule has 0 aliphatic heterocycles. The van der Waals surface area contributed by atoms with Gasteiger partial charge in [0.25, 0.3) is 0 Å². The molecule has 0 saturated carbocycles. The van der Waals surface area contributed by atoms with Gasteiger partial charge in [0.2, 0.25) is 0 Å². The summed E-state index contributed by atoms with van der Waals surface area (Å²) in [6.45, 7) is 6.45. The van der Waals surface area contributed by atoms with E-state index in [-0.39, 0.29) is 0 Å². The van der Waals surface area contributed by atoms with Gasteiger partial charge in [0.15, 0.2) is 0 Å². The quantitative estimate of drug-likeness (QED) is 0.788. The molecule has 5 heteroatoms. The van der Waals surface area contributed by atoms with Gasteiger partial charge in [0.05, 0.1) is 12.5 Å². The van der Waals surface area contributed by atoms with Crippen molar-refractivity contribution in [3.05, 3.63) is 12.4 Å². The second-order valence-corrected chi connectivity index (χ2v) is 3.28. The van der Waals surface area contributed by atoms with E-state index in [2.05, 4.69) is 26.3 Å². The fraction of sp³-hybridized carbons (Fsp3) is 0.545. The summed E-state index contributed by atoms with van der Waals surface area (Å²) < 4.78 is 0. The molecule has 1 heterocycles. The van der Waals surface area contributed by atoms with Crippen molar-refractivity contribution >= 4 is 11.6 Å². The first-order valence-corrected chi connectivity index (χ1v) is 5.49. The van der Waals surface area contributed by atoms with Crippen LogP contribution in [0.4, 0.5) is 11.6 Å². The Labute approximate surface area is 96.1 Å². The minimum absolute atomic E-state index is 0.508. The molecule has 0 aliphatic carbocycles. The van der Waals surface area contributed by atoms with Crippen molar-refractivity contribution in [2.24, 2.45) is 0 Å². The van der Waals surface area contributed by atoms with Crippen LogP contribution >= 0.6 is 0 Å². The fourth-order valence-corrected chi connectivity index (χ4v) is 1.42. The first-order valence-electron chi connectivity index (χ1n) is 5.49. The first-order chi connectivity index (χ1) is 7.81. The molecule has 16 heavy (non-hydrogen) atoms. The van der Waals surface area contributed by atoms with Gasteiger partial charge >= 0.3 is 0 Å². The molecule has 0 radical (unpaired) electrons. The van der Waals surface area contributed by atoms with Crippen molar-refractivity contribution < 1.29 is 0 Å². The predicted molar refractivity (Wildman–Crippen MR) is 64.3 cm³/mol. The molecule has 1 aromatic heterocycles. The third kappa shape index (κ3) is 3.39. The van der Waals surface area contributed by atoms with Gasteiger partial charge < -0.3 is 10.2 Å². The topological polar surface area (TPSA) is 64.8 Å². The van der Waals surface area contributed by atoms with E-state index >= 15 is 0 Å². The highest BCUT2D eigenvalue weighted by atomic mass is 15.2. The molecule has 0 aromatic carbocycles. The Bertz CT molecular complexity index is 358. The summed E-state index contributed by atoms with van der Waals surface area (Å²) in [4.78, 5) is 10.4. The van der Waals surface area contributed by atoms with Crippen LogP contribution in [0, 0.1) is 11.3 Å². The molecule has 0 spiro atoms. The zero-order chi connectivity index (χ0) is 11.8. The van der Waals surface area contributed by atoms with Gasteiger partial charge in [-0.25, -0.2) is 9.97 Å². The Hall–Kier alpha value is -1.83. The van der Waals surface area contributed by atoms with Crippen molar-refractivity contribution in [3.63, 3.8) is 0 Å². The van der Waals surface area contributed by atoms with Crippen LogP contribution in [0.1, 0.15) is 20.3 Å². The maximum absolute atomic E-state index is 8.57. The van der Waals surface area contributed by atoms with Crippen LogP contribution in [-0.2, 0) is 0 Å². The van der Waals surface area contributed by atoms with Gasteiger partial charge in [0, 0.05) is 25.7 Å². The lowest BCUT2D eigenvalue weighted by Gasteiger charge is -2.20. The van der Waals surface area contributed by atoms with Crippen LogP contribution < -0.4 is 10.2 Å². The highest BCUT2D eigenvalue weighted by molar-refractivity contribution is 5.48. The van der Waals surface area contributed by atoms with Crippen molar-refractivity contribution in [2.45, 2.75) is 20.3 Å². The second kappa shape index (κ2) is 6.62. The summed E-state index contributed by atoms with van der Waals surface area (Å²) in [5.74, 6) is 1.69. The summed E-state index contributed by atoms with van der Waals surface area (Å²) in [6.07, 6.45) is 2.05. The summed E-state index contributed by atoms with van der Waals surface area (Å²) >= 11 is 0. The Balaban J connectivity index is 2.75. The van der Waals surface area contributed by atoms with Gasteiger partial charge in [-0.05, 0) is 13.8 Å². The van der Waals surface area contributed by atoms with Gasteiger partial charge in [-0.2, -0.15) is 5.26 Å². The molecule has 1 rings (SSSR count). The maximum Gasteiger partial charge on any atom is 0.134 e. The maximum atomic E-state index is 8.57. The average Bonchev–Trinajstić information content (AvgIpc) is 2.31. The minimum Gasteiger partial charge on any atom is -0.370 e. The van der Waals surface area contributed by atoms with Gasteiger partial charge in [-0.3, -0.25) is 0 Å². The fourth-order valence-electron chi connectivity index (χ4n) is 1.42. The molecule has 0 amide bonds. The SMILES string of the molecule is CCNc1cc(N(CC)CCC#N)ncn1. The molecule has 0 atom stereocenters. The molecule has 0 fully saturated rings. The van der Waals surface area contributed by atoms with Gasteiger partial charge in [-0.15, -0.1) is 0 Å². The Morgan fingerprint density at radius 3 is 2.88 bits per heavy atom. The number of hydrogen-bond donors (Lipinski definition) is 1. The van der Waals surface area contributed by atoms with Crippen LogP contribution in [0.5, 0.6) is 0 Å². The lowest BCUT2D eigenvalue weighted by molar-refractivity contribution is 0.807. The van der Waals surface area contributed by atoms with E-state index < -0.39 is 0 Å². The van der Waals surface area contributed by atoms with Crippen LogP contribution in [0.2, 0.25) is 0 Å². The lowest BCUT2D eigenvalue weighted by Crippen LogP contribution is -2.24. The van der Waals surface area contributed by atoms with E-state index in [0.29, 0.717) is 13.0 Å². The van der Waals surface area contributed by atoms with Crippen molar-refractivity contribution in [1.29, 1.82) is 5.26 Å². The number of hydrogen-bond acceptors (Lipinski definition) is 5. The van der Waals surface area contributed by atoms with Gasteiger partial charge in [-0.1, -0.05) is 0 Å². The highest BCUT2D eigenvalue weighted by Crippen LogP contribution is 2.13. The average molecular weight is 219 g/mol. The zero-order valence-electron chi connectivity index (χ0n) is 9.77. The molecule has 86 valence electrons. The van der Waals surface area contributed by atoms with Crippen LogP contribution in [-0.4, -0.2) is 29.6 Å². The Kier molecular flexibility index (Phi) is 5.06. The largest absolute Gasteiger partial charge is 0.370 e. The molecular formula is C11H17N5. The monoisotopic (exact) mass is 219 g/mol. The molecule has 0 aliphatic rings. The normalized spacial score (nSPS) is 9.56. The molecule has 0 unspecified atom stereocenters. The van der Waals surface area contributed by atoms with Crippen LogP contribution in [0.3, 0.4) is 0 Å². The second-order valence-electron chi connectivity index (χ2n) is 3.28. The number of nitrogens with zero attached hydrogens (tertiary/aromatic N) is 4. The van der Waals surface area contributed by atoms with Gasteiger partial charge in [0.1, 0.15) is 18.0 Å². The predicted octanol–water partition coefficient (Wildman–Crippen LogP) is 1.65. The zero-order valence-corrected chi connectivity index (χ0v) is 9.77. The van der Waals surface area contributed by atoms with E-state index in [0.717, 1.165) is 24.7 Å². The summed E-state index contributed by atoms with van der Waals surface area (Å²) in [5, 5.41) is 11.7. The summed E-state index contributed by atoms with van der Waals surface area (Å²) in [5.41, 5.74) is 0. The molecule has 0 bridgehead atoms. The molecular weight excluding hydrogens is 202 g/mol. The highest BCUT2D eigenvalue weighted by Gasteiger charge is 2.06. The summed E-state index contributed by atoms with van der Waals surface area (Å²) in [7, 11) is 0. The van der Waals surface area contributed by atoms with E-state index in [1.807, 2.05) is 19.9 Å². The minimum atomic E-state index is 0.508. The molecule has 0 saturated heterocycles. The van der Waals surface area contributed by atoms with Crippen molar-refractivity contribution in [2.75, 3.05) is 29.9 Å². The standard InChI is InChI=1S/C11H17N5/c1-3-13-10-8-11(15-9-14-10)16(4-2)7-5-6-12/h8-9H,3-5,7H2,1-2H3,(H,13,14,15). The number of anilines is 2. The third-order valence-corrected chi connectivity index (χ3v) is 2.21. The van der Waals surface area contributed by atoms with E-state index in [9.17, 15) is 0 Å². The van der Waals surface area contributed by atoms with E-state index in [1.165, 1.54) is 0 Å². The number of nitriles is 1. The number of aromatic nitrogens is 2. The Morgan fingerprint density at radius 1 is 1.44 bits per heavy atom. The lowest BCUT2D eigenvalue weighted by atomic mass is 10.3. The van der Waals surface area contributed by atoms with Crippen molar-refractivity contribution in [1.82, 2.24) is 9.97 Å². The number of rotatable bonds is 6. The summed E-state index contributed by atoms with van der Waals surface area (Å²) in [6, 6.07) is 4.05. The Morgan fingerprint density at radius 2 is 2.25 bits per heavy atom.